The highest BCUT2D eigenvalue weighted by molar-refractivity contribution is 7.14. The highest BCUT2D eigenvalue weighted by Gasteiger charge is 2.29. The molecule has 1 N–H and O–H groups in total. The monoisotopic (exact) mass is 229 g/mol. The van der Waals surface area contributed by atoms with Gasteiger partial charge in [0.05, 0.1) is 4.34 Å². The van der Waals surface area contributed by atoms with Gasteiger partial charge in [-0.1, -0.05) is 18.5 Å². The molecule has 0 bridgehead atoms. The molecule has 1 aromatic rings. The fourth-order valence-electron chi connectivity index (χ4n) is 1.94. The van der Waals surface area contributed by atoms with Gasteiger partial charge in [-0.25, -0.2) is 0 Å². The number of rotatable bonds is 4. The Hall–Kier alpha value is -0.0500. The molecule has 0 saturated heterocycles. The molecule has 0 aromatic carbocycles. The van der Waals surface area contributed by atoms with Gasteiger partial charge in [-0.3, -0.25) is 0 Å². The highest BCUT2D eigenvalue weighted by atomic mass is 35.5. The molecule has 2 rings (SSSR count). The largest absolute Gasteiger partial charge is 0.314 e. The highest BCUT2D eigenvalue weighted by Crippen LogP contribution is 2.39. The molecule has 1 fully saturated rings. The van der Waals surface area contributed by atoms with Crippen molar-refractivity contribution in [2.75, 3.05) is 6.54 Å². The summed E-state index contributed by atoms with van der Waals surface area (Å²) in [5.41, 5.74) is 1.44. The lowest BCUT2D eigenvalue weighted by Gasteiger charge is -2.35. The molecule has 0 aliphatic heterocycles. The van der Waals surface area contributed by atoms with Crippen molar-refractivity contribution in [2.24, 2.45) is 0 Å². The lowest BCUT2D eigenvalue weighted by atomic mass is 9.77. The molecule has 1 heterocycles. The fraction of sp³-hybridized carbons (Fsp3) is 0.636. The smallest absolute Gasteiger partial charge is 0.0931 e. The molecule has 0 spiro atoms. The van der Waals surface area contributed by atoms with Crippen molar-refractivity contribution in [2.45, 2.75) is 38.1 Å². The molecular weight excluding hydrogens is 214 g/mol. The molecule has 78 valence electrons. The number of hydrogen-bond acceptors (Lipinski definition) is 2. The Morgan fingerprint density at radius 2 is 2.36 bits per heavy atom. The summed E-state index contributed by atoms with van der Waals surface area (Å²) in [6.07, 6.45) is 3.80. The summed E-state index contributed by atoms with van der Waals surface area (Å²) in [4.78, 5) is 0. The van der Waals surface area contributed by atoms with Crippen molar-refractivity contribution < 1.29 is 0 Å². The van der Waals surface area contributed by atoms with Gasteiger partial charge in [0.2, 0.25) is 0 Å². The molecule has 3 heteroatoms. The third kappa shape index (κ3) is 2.30. The van der Waals surface area contributed by atoms with E-state index in [2.05, 4.69) is 23.7 Å². The van der Waals surface area contributed by atoms with Crippen molar-refractivity contribution in [3.8, 4) is 0 Å². The quantitative estimate of drug-likeness (QED) is 0.831. The number of thiophene rings is 1. The third-order valence-electron chi connectivity index (χ3n) is 2.88. The van der Waals surface area contributed by atoms with Gasteiger partial charge in [-0.2, -0.15) is 0 Å². The molecular formula is C11H16ClNS. The molecule has 0 unspecified atom stereocenters. The van der Waals surface area contributed by atoms with Gasteiger partial charge in [0, 0.05) is 6.04 Å². The summed E-state index contributed by atoms with van der Waals surface area (Å²) in [5.74, 6) is 0.758. The lowest BCUT2D eigenvalue weighted by molar-refractivity contribution is 0.292. The van der Waals surface area contributed by atoms with Gasteiger partial charge in [0.1, 0.15) is 0 Å². The Bertz CT molecular complexity index is 291. The average molecular weight is 230 g/mol. The standard InChI is InChI=1S/C11H16ClNS/c1-2-3-13-10-4-8(5-10)9-6-11(12)14-7-9/h6-8,10,13H,2-5H2,1H3. The van der Waals surface area contributed by atoms with Crippen LogP contribution in [0.2, 0.25) is 4.34 Å². The lowest BCUT2D eigenvalue weighted by Crippen LogP contribution is -2.40. The number of hydrogen-bond donors (Lipinski definition) is 1. The van der Waals surface area contributed by atoms with E-state index >= 15 is 0 Å². The Morgan fingerprint density at radius 1 is 1.57 bits per heavy atom. The Kier molecular flexibility index (Phi) is 3.47. The van der Waals surface area contributed by atoms with Crippen LogP contribution < -0.4 is 5.32 Å². The van der Waals surface area contributed by atoms with Crippen LogP contribution in [-0.4, -0.2) is 12.6 Å². The molecule has 1 nitrogen and oxygen atoms in total. The summed E-state index contributed by atoms with van der Waals surface area (Å²) in [7, 11) is 0. The van der Waals surface area contributed by atoms with Crippen LogP contribution in [0.4, 0.5) is 0 Å². The van der Waals surface area contributed by atoms with Crippen LogP contribution >= 0.6 is 22.9 Å². The van der Waals surface area contributed by atoms with E-state index in [1.165, 1.54) is 24.8 Å². The minimum atomic E-state index is 0.749. The molecule has 0 amide bonds. The summed E-state index contributed by atoms with van der Waals surface area (Å²) < 4.78 is 0.921. The summed E-state index contributed by atoms with van der Waals surface area (Å²) in [5, 5.41) is 5.74. The van der Waals surface area contributed by atoms with E-state index < -0.39 is 0 Å². The van der Waals surface area contributed by atoms with Gasteiger partial charge in [0.15, 0.2) is 0 Å². The fourth-order valence-corrected chi connectivity index (χ4v) is 2.92. The van der Waals surface area contributed by atoms with E-state index in [1.54, 1.807) is 11.3 Å². The van der Waals surface area contributed by atoms with Crippen molar-refractivity contribution >= 4 is 22.9 Å². The van der Waals surface area contributed by atoms with Crippen molar-refractivity contribution in [1.82, 2.24) is 5.32 Å². The average Bonchev–Trinajstić information content (AvgIpc) is 2.49. The van der Waals surface area contributed by atoms with E-state index in [0.29, 0.717) is 0 Å². The van der Waals surface area contributed by atoms with Crippen LogP contribution in [0.1, 0.15) is 37.7 Å². The summed E-state index contributed by atoms with van der Waals surface area (Å²) >= 11 is 7.55. The maximum Gasteiger partial charge on any atom is 0.0931 e. The zero-order chi connectivity index (χ0) is 9.97. The van der Waals surface area contributed by atoms with Crippen LogP contribution in [0.3, 0.4) is 0 Å². The van der Waals surface area contributed by atoms with Crippen LogP contribution in [0.25, 0.3) is 0 Å². The predicted molar refractivity (Wildman–Crippen MR) is 63.4 cm³/mol. The first kappa shape index (κ1) is 10.5. The van der Waals surface area contributed by atoms with Gasteiger partial charge >= 0.3 is 0 Å². The predicted octanol–water partition coefficient (Wildman–Crippen LogP) is 3.65. The normalized spacial score (nSPS) is 26.1. The Labute approximate surface area is 94.5 Å². The van der Waals surface area contributed by atoms with E-state index in [0.717, 1.165) is 22.8 Å². The minimum Gasteiger partial charge on any atom is -0.314 e. The van der Waals surface area contributed by atoms with Crippen LogP contribution in [-0.2, 0) is 0 Å². The van der Waals surface area contributed by atoms with Crippen molar-refractivity contribution in [3.63, 3.8) is 0 Å². The molecule has 1 saturated carbocycles. The topological polar surface area (TPSA) is 12.0 Å². The summed E-state index contributed by atoms with van der Waals surface area (Å²) in [6.45, 7) is 3.36. The zero-order valence-electron chi connectivity index (χ0n) is 8.42. The van der Waals surface area contributed by atoms with E-state index in [-0.39, 0.29) is 0 Å². The Balaban J connectivity index is 1.77. The molecule has 1 aliphatic rings. The van der Waals surface area contributed by atoms with Crippen LogP contribution in [0.15, 0.2) is 11.4 Å². The van der Waals surface area contributed by atoms with Crippen LogP contribution in [0, 0.1) is 0 Å². The molecule has 0 radical (unpaired) electrons. The second kappa shape index (κ2) is 4.65. The van der Waals surface area contributed by atoms with E-state index in [1.807, 2.05) is 0 Å². The van der Waals surface area contributed by atoms with Gasteiger partial charge in [-0.05, 0) is 48.7 Å². The first-order chi connectivity index (χ1) is 6.79. The molecule has 0 atom stereocenters. The minimum absolute atomic E-state index is 0.749. The van der Waals surface area contributed by atoms with Crippen molar-refractivity contribution in [1.29, 1.82) is 0 Å². The first-order valence-electron chi connectivity index (χ1n) is 5.27. The zero-order valence-corrected chi connectivity index (χ0v) is 10.00. The second-order valence-electron chi connectivity index (χ2n) is 4.00. The Morgan fingerprint density at radius 3 is 2.93 bits per heavy atom. The maximum absolute atomic E-state index is 5.91. The van der Waals surface area contributed by atoms with Gasteiger partial charge in [-0.15, -0.1) is 11.3 Å². The van der Waals surface area contributed by atoms with E-state index in [4.69, 9.17) is 11.6 Å². The maximum atomic E-state index is 5.91. The van der Waals surface area contributed by atoms with Gasteiger partial charge in [0.25, 0.3) is 0 Å². The van der Waals surface area contributed by atoms with Crippen molar-refractivity contribution in [3.05, 3.63) is 21.3 Å². The van der Waals surface area contributed by atoms with Crippen LogP contribution in [0.5, 0.6) is 0 Å². The number of nitrogens with one attached hydrogen (secondary N) is 1. The third-order valence-corrected chi connectivity index (χ3v) is 3.99. The molecule has 14 heavy (non-hydrogen) atoms. The first-order valence-corrected chi connectivity index (χ1v) is 6.52. The molecule has 1 aliphatic carbocycles. The van der Waals surface area contributed by atoms with E-state index in [9.17, 15) is 0 Å². The number of halogens is 1. The molecule has 1 aromatic heterocycles. The summed E-state index contributed by atoms with van der Waals surface area (Å²) in [6, 6.07) is 2.87. The van der Waals surface area contributed by atoms with Gasteiger partial charge < -0.3 is 5.32 Å². The SMILES string of the molecule is CCCNC1CC(c2csc(Cl)c2)C1. The second-order valence-corrected chi connectivity index (χ2v) is 5.55.